The van der Waals surface area contributed by atoms with E-state index >= 15 is 0 Å². The lowest BCUT2D eigenvalue weighted by atomic mass is 10.1. The zero-order valence-corrected chi connectivity index (χ0v) is 8.82. The van der Waals surface area contributed by atoms with Gasteiger partial charge in [-0.1, -0.05) is 0 Å². The van der Waals surface area contributed by atoms with Crippen LogP contribution in [0.5, 0.6) is 0 Å². The van der Waals surface area contributed by atoms with Crippen LogP contribution in [0.1, 0.15) is 5.56 Å². The predicted octanol–water partition coefficient (Wildman–Crippen LogP) is 2.12. The van der Waals surface area contributed by atoms with E-state index in [0.717, 1.165) is 12.1 Å². The Labute approximate surface area is 91.8 Å². The first kappa shape index (κ1) is 11.6. The molecule has 0 aliphatic heterocycles. The van der Waals surface area contributed by atoms with E-state index in [1.807, 2.05) is 0 Å². The standard InChI is InChI=1S/C8H5BrFNO4/c9-8-4(3-7(12)13)5(10)1-2-6(8)11(14)15/h1-2H,3H2,(H,12,13). The van der Waals surface area contributed by atoms with Gasteiger partial charge in [-0.15, -0.1) is 0 Å². The second kappa shape index (κ2) is 4.35. The molecule has 0 atom stereocenters. The molecule has 1 N–H and O–H groups in total. The lowest BCUT2D eigenvalue weighted by Gasteiger charge is -2.03. The molecule has 7 heteroatoms. The number of carboxylic acids is 1. The Morgan fingerprint density at radius 1 is 1.60 bits per heavy atom. The summed E-state index contributed by atoms with van der Waals surface area (Å²) in [6.45, 7) is 0. The molecule has 0 spiro atoms. The topological polar surface area (TPSA) is 80.4 Å². The van der Waals surface area contributed by atoms with Crippen LogP contribution in [0.2, 0.25) is 0 Å². The second-order valence-electron chi connectivity index (χ2n) is 2.69. The third-order valence-corrected chi connectivity index (χ3v) is 2.58. The molecule has 1 aromatic rings. The van der Waals surface area contributed by atoms with Gasteiger partial charge < -0.3 is 5.11 Å². The Kier molecular flexibility index (Phi) is 3.35. The number of nitro benzene ring substituents is 1. The Balaban J connectivity index is 3.29. The van der Waals surface area contributed by atoms with Gasteiger partial charge >= 0.3 is 5.97 Å². The molecule has 0 aromatic heterocycles. The van der Waals surface area contributed by atoms with Crippen molar-refractivity contribution in [2.24, 2.45) is 0 Å². The van der Waals surface area contributed by atoms with Crippen LogP contribution >= 0.6 is 15.9 Å². The molecule has 0 saturated carbocycles. The van der Waals surface area contributed by atoms with Gasteiger partial charge in [-0.3, -0.25) is 14.9 Å². The highest BCUT2D eigenvalue weighted by Gasteiger charge is 2.20. The summed E-state index contributed by atoms with van der Waals surface area (Å²) in [6, 6.07) is 1.85. The molecule has 0 bridgehead atoms. The van der Waals surface area contributed by atoms with Crippen LogP contribution in [0, 0.1) is 15.9 Å². The van der Waals surface area contributed by atoms with Gasteiger partial charge in [0.2, 0.25) is 0 Å². The quantitative estimate of drug-likeness (QED) is 0.678. The molecule has 80 valence electrons. The van der Waals surface area contributed by atoms with E-state index in [1.165, 1.54) is 0 Å². The number of halogens is 2. The number of hydrogen-bond acceptors (Lipinski definition) is 3. The molecule has 0 heterocycles. The zero-order chi connectivity index (χ0) is 11.6. The van der Waals surface area contributed by atoms with E-state index in [-0.39, 0.29) is 15.7 Å². The van der Waals surface area contributed by atoms with Gasteiger partial charge in [-0.05, 0) is 22.0 Å². The number of nitro groups is 1. The van der Waals surface area contributed by atoms with Crippen molar-refractivity contribution in [2.45, 2.75) is 6.42 Å². The summed E-state index contributed by atoms with van der Waals surface area (Å²) in [4.78, 5) is 20.2. The minimum absolute atomic E-state index is 0.130. The molecule has 0 saturated heterocycles. The summed E-state index contributed by atoms with van der Waals surface area (Å²) in [5.41, 5.74) is -0.579. The van der Waals surface area contributed by atoms with Crippen LogP contribution in [0.4, 0.5) is 10.1 Å². The molecule has 15 heavy (non-hydrogen) atoms. The van der Waals surface area contributed by atoms with Crippen molar-refractivity contribution >= 4 is 27.6 Å². The SMILES string of the molecule is O=C(O)Cc1c(F)ccc([N+](=O)[O-])c1Br. The lowest BCUT2D eigenvalue weighted by Crippen LogP contribution is -2.05. The fourth-order valence-corrected chi connectivity index (χ4v) is 1.65. The van der Waals surface area contributed by atoms with Crippen LogP contribution < -0.4 is 0 Å². The fourth-order valence-electron chi connectivity index (χ4n) is 1.04. The molecule has 0 unspecified atom stereocenters. The Bertz CT molecular complexity index is 435. The van der Waals surface area contributed by atoms with Crippen LogP contribution in [0.25, 0.3) is 0 Å². The second-order valence-corrected chi connectivity index (χ2v) is 3.48. The number of carbonyl (C=O) groups is 1. The summed E-state index contributed by atoms with van der Waals surface area (Å²) >= 11 is 2.82. The molecule has 0 radical (unpaired) electrons. The first-order valence-corrected chi connectivity index (χ1v) is 4.56. The van der Waals surface area contributed by atoms with Crippen molar-refractivity contribution in [1.82, 2.24) is 0 Å². The van der Waals surface area contributed by atoms with E-state index in [2.05, 4.69) is 15.9 Å². The van der Waals surface area contributed by atoms with Gasteiger partial charge in [0.15, 0.2) is 0 Å². The summed E-state index contributed by atoms with van der Waals surface area (Å²) in [6.07, 6.45) is -0.603. The van der Waals surface area contributed by atoms with E-state index < -0.39 is 23.1 Å². The zero-order valence-electron chi connectivity index (χ0n) is 7.24. The smallest absolute Gasteiger partial charge is 0.307 e. The average molecular weight is 278 g/mol. The maximum Gasteiger partial charge on any atom is 0.307 e. The van der Waals surface area contributed by atoms with Crippen molar-refractivity contribution in [2.75, 3.05) is 0 Å². The highest BCUT2D eigenvalue weighted by Crippen LogP contribution is 2.30. The van der Waals surface area contributed by atoms with E-state index in [4.69, 9.17) is 5.11 Å². The molecular weight excluding hydrogens is 273 g/mol. The summed E-state index contributed by atoms with van der Waals surface area (Å²) in [5, 5.41) is 19.0. The number of aliphatic carboxylic acids is 1. The fraction of sp³-hybridized carbons (Fsp3) is 0.125. The third-order valence-electron chi connectivity index (χ3n) is 1.69. The number of nitrogens with zero attached hydrogens (tertiary/aromatic N) is 1. The molecule has 5 nitrogen and oxygen atoms in total. The van der Waals surface area contributed by atoms with Gasteiger partial charge in [0.25, 0.3) is 5.69 Å². The van der Waals surface area contributed by atoms with Crippen molar-refractivity contribution in [3.8, 4) is 0 Å². The predicted molar refractivity (Wildman–Crippen MR) is 52.1 cm³/mol. The van der Waals surface area contributed by atoms with Crippen molar-refractivity contribution in [3.63, 3.8) is 0 Å². The molecule has 0 fully saturated rings. The third kappa shape index (κ3) is 2.50. The number of carboxylic acid groups (broad SMARTS) is 1. The molecule has 0 aliphatic rings. The van der Waals surface area contributed by atoms with Gasteiger partial charge in [0, 0.05) is 11.6 Å². The van der Waals surface area contributed by atoms with Crippen LogP contribution in [-0.2, 0) is 11.2 Å². The normalized spacial score (nSPS) is 10.0. The maximum absolute atomic E-state index is 13.1. The van der Waals surface area contributed by atoms with Crippen LogP contribution in [0.15, 0.2) is 16.6 Å². The van der Waals surface area contributed by atoms with Crippen molar-refractivity contribution in [3.05, 3.63) is 38.1 Å². The molecule has 0 aliphatic carbocycles. The minimum atomic E-state index is -1.25. The Hall–Kier alpha value is -1.50. The largest absolute Gasteiger partial charge is 0.481 e. The summed E-state index contributed by atoms with van der Waals surface area (Å²) in [5.74, 6) is -2.04. The molecule has 1 aromatic carbocycles. The highest BCUT2D eigenvalue weighted by atomic mass is 79.9. The molecule has 0 amide bonds. The molecule has 1 rings (SSSR count). The summed E-state index contributed by atoms with van der Waals surface area (Å²) in [7, 11) is 0. The lowest BCUT2D eigenvalue weighted by molar-refractivity contribution is -0.385. The first-order valence-electron chi connectivity index (χ1n) is 3.76. The first-order chi connectivity index (χ1) is 6.93. The number of benzene rings is 1. The van der Waals surface area contributed by atoms with Crippen molar-refractivity contribution < 1.29 is 19.2 Å². The Morgan fingerprint density at radius 3 is 2.67 bits per heavy atom. The van der Waals surface area contributed by atoms with Gasteiger partial charge in [0.05, 0.1) is 11.3 Å². The van der Waals surface area contributed by atoms with E-state index in [9.17, 15) is 19.3 Å². The number of hydrogen-bond donors (Lipinski definition) is 1. The monoisotopic (exact) mass is 277 g/mol. The Morgan fingerprint density at radius 2 is 2.20 bits per heavy atom. The molecular formula is C8H5BrFNO4. The van der Waals surface area contributed by atoms with Gasteiger partial charge in [0.1, 0.15) is 10.3 Å². The van der Waals surface area contributed by atoms with E-state index in [1.54, 1.807) is 0 Å². The minimum Gasteiger partial charge on any atom is -0.481 e. The van der Waals surface area contributed by atoms with Crippen LogP contribution in [0.3, 0.4) is 0 Å². The van der Waals surface area contributed by atoms with E-state index in [0.29, 0.717) is 0 Å². The van der Waals surface area contributed by atoms with Crippen molar-refractivity contribution in [1.29, 1.82) is 0 Å². The highest BCUT2D eigenvalue weighted by molar-refractivity contribution is 9.10. The number of rotatable bonds is 3. The van der Waals surface area contributed by atoms with Crippen LogP contribution in [-0.4, -0.2) is 16.0 Å². The van der Waals surface area contributed by atoms with Gasteiger partial charge in [-0.25, -0.2) is 4.39 Å². The van der Waals surface area contributed by atoms with Gasteiger partial charge in [-0.2, -0.15) is 0 Å². The maximum atomic E-state index is 13.1. The average Bonchev–Trinajstić information content (AvgIpc) is 2.11. The summed E-state index contributed by atoms with van der Waals surface area (Å²) < 4.78 is 13.0.